The van der Waals surface area contributed by atoms with Crippen LogP contribution in [0, 0.1) is 0 Å². The van der Waals surface area contributed by atoms with E-state index in [2.05, 4.69) is 11.9 Å². The minimum Gasteiger partial charge on any atom is -0.353 e. The van der Waals surface area contributed by atoms with Gasteiger partial charge in [-0.2, -0.15) is 0 Å². The van der Waals surface area contributed by atoms with Gasteiger partial charge in [-0.25, -0.2) is 4.21 Å². The molecule has 0 saturated heterocycles. The van der Waals surface area contributed by atoms with Crippen molar-refractivity contribution in [2.24, 2.45) is 0 Å². The van der Waals surface area contributed by atoms with Gasteiger partial charge in [-0.1, -0.05) is 24.8 Å². The first kappa shape index (κ1) is 16.4. The van der Waals surface area contributed by atoms with Crippen LogP contribution < -0.4 is 5.32 Å². The molecule has 0 bridgehead atoms. The zero-order valence-electron chi connectivity index (χ0n) is 11.9. The summed E-state index contributed by atoms with van der Waals surface area (Å²) in [6, 6.07) is -0.277. The Balaban J connectivity index is 3.24. The van der Waals surface area contributed by atoms with Crippen LogP contribution in [0.3, 0.4) is 0 Å². The smallest absolute Gasteiger partial charge is 0.262 e. The molecule has 1 unspecified atom stereocenters. The van der Waals surface area contributed by atoms with Gasteiger partial charge in [0.1, 0.15) is 0 Å². The lowest BCUT2D eigenvalue weighted by atomic mass is 9.97. The SMILES string of the molecule is C=C/C=C1/C=C(CNC(C)=O)[C@@H](C)N(S(=O)O)/C1=C/C. The second-order valence-electron chi connectivity index (χ2n) is 4.39. The summed E-state index contributed by atoms with van der Waals surface area (Å²) < 4.78 is 22.5. The molecule has 0 radical (unpaired) electrons. The van der Waals surface area contributed by atoms with Gasteiger partial charge in [0.05, 0.1) is 11.7 Å². The second-order valence-corrected chi connectivity index (χ2v) is 5.25. The maximum atomic E-state index is 11.6. The van der Waals surface area contributed by atoms with Crippen LogP contribution in [0.25, 0.3) is 0 Å². The molecule has 2 atom stereocenters. The molecule has 0 aromatic heterocycles. The van der Waals surface area contributed by atoms with Crippen LogP contribution in [-0.4, -0.2) is 31.6 Å². The molecule has 5 nitrogen and oxygen atoms in total. The number of nitrogens with zero attached hydrogens (tertiary/aromatic N) is 1. The predicted molar refractivity (Wildman–Crippen MR) is 80.9 cm³/mol. The molecule has 1 amide bonds. The maximum Gasteiger partial charge on any atom is 0.262 e. The molecule has 1 aliphatic rings. The van der Waals surface area contributed by atoms with E-state index >= 15 is 0 Å². The monoisotopic (exact) mass is 296 g/mol. The number of hydrogen-bond acceptors (Lipinski definition) is 2. The summed E-state index contributed by atoms with van der Waals surface area (Å²) in [6.07, 6.45) is 7.10. The first-order chi connectivity index (χ1) is 9.42. The van der Waals surface area contributed by atoms with Gasteiger partial charge in [0.25, 0.3) is 11.3 Å². The largest absolute Gasteiger partial charge is 0.353 e. The summed E-state index contributed by atoms with van der Waals surface area (Å²) in [4.78, 5) is 11.0. The number of nitrogens with one attached hydrogen (secondary N) is 1. The second kappa shape index (κ2) is 7.21. The van der Waals surface area contributed by atoms with E-state index in [1.165, 1.54) is 11.2 Å². The Hall–Kier alpha value is -1.66. The fraction of sp³-hybridized carbons (Fsp3) is 0.357. The molecule has 6 heteroatoms. The third-order valence-electron chi connectivity index (χ3n) is 3.04. The van der Waals surface area contributed by atoms with Crippen LogP contribution >= 0.6 is 0 Å². The highest BCUT2D eigenvalue weighted by atomic mass is 32.2. The van der Waals surface area contributed by atoms with E-state index in [0.717, 1.165) is 11.1 Å². The summed E-state index contributed by atoms with van der Waals surface area (Å²) in [6.45, 7) is 9.07. The highest BCUT2D eigenvalue weighted by Crippen LogP contribution is 2.30. The number of hydrogen-bond donors (Lipinski definition) is 2. The van der Waals surface area contributed by atoms with Gasteiger partial charge in [0.2, 0.25) is 5.91 Å². The van der Waals surface area contributed by atoms with E-state index in [4.69, 9.17) is 0 Å². The molecular weight excluding hydrogens is 276 g/mol. The lowest BCUT2D eigenvalue weighted by Crippen LogP contribution is -2.41. The van der Waals surface area contributed by atoms with Crippen molar-refractivity contribution >= 4 is 17.2 Å². The van der Waals surface area contributed by atoms with Gasteiger partial charge in [-0.15, -0.1) is 0 Å². The van der Waals surface area contributed by atoms with Crippen LogP contribution in [0.5, 0.6) is 0 Å². The van der Waals surface area contributed by atoms with E-state index in [-0.39, 0.29) is 11.9 Å². The minimum atomic E-state index is -2.13. The fourth-order valence-electron chi connectivity index (χ4n) is 2.08. The van der Waals surface area contributed by atoms with E-state index in [1.54, 1.807) is 18.2 Å². The van der Waals surface area contributed by atoms with Gasteiger partial charge in [0, 0.05) is 13.5 Å². The number of carbonyl (C=O) groups is 1. The first-order valence-electron chi connectivity index (χ1n) is 6.26. The van der Waals surface area contributed by atoms with Crippen molar-refractivity contribution in [3.63, 3.8) is 0 Å². The Morgan fingerprint density at radius 2 is 2.30 bits per heavy atom. The molecule has 0 aromatic rings. The molecule has 0 aromatic carbocycles. The zero-order chi connectivity index (χ0) is 15.3. The molecule has 1 rings (SSSR count). The van der Waals surface area contributed by atoms with Crippen molar-refractivity contribution in [2.75, 3.05) is 6.54 Å². The van der Waals surface area contributed by atoms with Crippen molar-refractivity contribution in [1.29, 1.82) is 0 Å². The molecule has 0 aliphatic carbocycles. The summed E-state index contributed by atoms with van der Waals surface area (Å²) >= 11 is -2.13. The quantitative estimate of drug-likeness (QED) is 0.779. The van der Waals surface area contributed by atoms with E-state index in [1.807, 2.05) is 19.9 Å². The Kier molecular flexibility index (Phi) is 5.91. The molecule has 0 fully saturated rings. The summed E-state index contributed by atoms with van der Waals surface area (Å²) in [7, 11) is 0. The summed E-state index contributed by atoms with van der Waals surface area (Å²) in [5.41, 5.74) is 2.33. The topological polar surface area (TPSA) is 69.6 Å². The minimum absolute atomic E-state index is 0.138. The van der Waals surface area contributed by atoms with Gasteiger partial charge < -0.3 is 5.32 Å². The Morgan fingerprint density at radius 3 is 2.75 bits per heavy atom. The summed E-state index contributed by atoms with van der Waals surface area (Å²) in [5.74, 6) is -0.138. The Labute approximate surface area is 122 Å². The van der Waals surface area contributed by atoms with Crippen LogP contribution in [0.2, 0.25) is 0 Å². The molecule has 0 spiro atoms. The van der Waals surface area contributed by atoms with Gasteiger partial charge in [-0.3, -0.25) is 13.7 Å². The average molecular weight is 296 g/mol. The highest BCUT2D eigenvalue weighted by Gasteiger charge is 2.30. The van der Waals surface area contributed by atoms with Crippen LogP contribution in [0.4, 0.5) is 0 Å². The Morgan fingerprint density at radius 1 is 1.65 bits per heavy atom. The normalized spacial score (nSPS) is 24.5. The molecule has 110 valence electrons. The van der Waals surface area contributed by atoms with Gasteiger partial charge in [0.15, 0.2) is 0 Å². The molecular formula is C14H20N2O3S. The lowest BCUT2D eigenvalue weighted by molar-refractivity contribution is -0.118. The van der Waals surface area contributed by atoms with Crippen LogP contribution in [0.15, 0.2) is 47.7 Å². The van der Waals surface area contributed by atoms with Gasteiger partial charge in [-0.05, 0) is 31.1 Å². The number of carbonyl (C=O) groups excluding carboxylic acids is 1. The van der Waals surface area contributed by atoms with E-state index < -0.39 is 11.3 Å². The van der Waals surface area contributed by atoms with Crippen molar-refractivity contribution in [3.8, 4) is 0 Å². The third-order valence-corrected chi connectivity index (χ3v) is 3.89. The maximum absolute atomic E-state index is 11.6. The molecule has 0 saturated carbocycles. The first-order valence-corrected chi connectivity index (χ1v) is 7.33. The van der Waals surface area contributed by atoms with Crippen LogP contribution in [0.1, 0.15) is 20.8 Å². The molecule has 1 aliphatic heterocycles. The lowest BCUT2D eigenvalue weighted by Gasteiger charge is -2.35. The third kappa shape index (κ3) is 3.68. The van der Waals surface area contributed by atoms with Crippen molar-refractivity contribution in [2.45, 2.75) is 26.8 Å². The fourth-order valence-corrected chi connectivity index (χ4v) is 2.86. The molecule has 2 N–H and O–H groups in total. The van der Waals surface area contributed by atoms with E-state index in [9.17, 15) is 13.6 Å². The predicted octanol–water partition coefficient (Wildman–Crippen LogP) is 1.91. The number of amides is 1. The average Bonchev–Trinajstić information content (AvgIpc) is 2.37. The highest BCUT2D eigenvalue weighted by molar-refractivity contribution is 7.76. The van der Waals surface area contributed by atoms with Gasteiger partial charge >= 0.3 is 0 Å². The van der Waals surface area contributed by atoms with Crippen molar-refractivity contribution < 1.29 is 13.6 Å². The Bertz CT molecular complexity index is 521. The standard InChI is InChI=1S/C14H20N2O3S/c1-5-7-12-8-13(9-15-11(4)17)10(3)16(20(18)19)14(12)6-2/h5-8,10H,1,9H2,2-4H3,(H,15,17)(H,18,19)/b12-7-,14-6+/t10-/m1/s1. The van der Waals surface area contributed by atoms with Crippen molar-refractivity contribution in [3.05, 3.63) is 47.7 Å². The number of allylic oxidation sites excluding steroid dienone is 4. The summed E-state index contributed by atoms with van der Waals surface area (Å²) in [5, 5.41) is 2.71. The molecule has 20 heavy (non-hydrogen) atoms. The molecule has 1 heterocycles. The van der Waals surface area contributed by atoms with E-state index in [0.29, 0.717) is 12.2 Å². The zero-order valence-corrected chi connectivity index (χ0v) is 12.7. The number of rotatable bonds is 4. The van der Waals surface area contributed by atoms with Crippen LogP contribution in [-0.2, 0) is 16.1 Å². The van der Waals surface area contributed by atoms with Crippen molar-refractivity contribution in [1.82, 2.24) is 9.62 Å².